The van der Waals surface area contributed by atoms with E-state index in [1.54, 1.807) is 0 Å². The largest absolute Gasteiger partial charge is 0.354 e. The molecule has 0 saturated heterocycles. The molecule has 92 valence electrons. The summed E-state index contributed by atoms with van der Waals surface area (Å²) in [6.07, 6.45) is 0. The second-order valence-corrected chi connectivity index (χ2v) is 5.81. The third-order valence-corrected chi connectivity index (χ3v) is 4.24. The Morgan fingerprint density at radius 1 is 1.28 bits per heavy atom. The van der Waals surface area contributed by atoms with E-state index in [0.717, 1.165) is 34.8 Å². The quantitative estimate of drug-likeness (QED) is 0.795. The molecule has 0 atom stereocenters. The van der Waals surface area contributed by atoms with E-state index in [0.29, 0.717) is 0 Å². The summed E-state index contributed by atoms with van der Waals surface area (Å²) in [6.45, 7) is 1.69. The second kappa shape index (κ2) is 5.19. The molecule has 5 nitrogen and oxygen atoms in total. The van der Waals surface area contributed by atoms with Gasteiger partial charge >= 0.3 is 0 Å². The molecule has 0 saturated carbocycles. The van der Waals surface area contributed by atoms with Crippen molar-refractivity contribution >= 4 is 45.0 Å². The Bertz CT molecular complexity index is 595. The lowest BCUT2D eigenvalue weighted by Gasteiger charge is -2.00. The van der Waals surface area contributed by atoms with E-state index < -0.39 is 0 Å². The summed E-state index contributed by atoms with van der Waals surface area (Å²) in [4.78, 5) is 4.26. The van der Waals surface area contributed by atoms with Crippen molar-refractivity contribution in [2.75, 3.05) is 18.4 Å². The number of guanidine groups is 1. The number of benzene rings is 1. The maximum absolute atomic E-state index is 4.26. The molecule has 0 radical (unpaired) electrons. The topological polar surface area (TPSA) is 62.2 Å². The van der Waals surface area contributed by atoms with Gasteiger partial charge in [-0.15, -0.1) is 10.2 Å². The second-order valence-electron chi connectivity index (χ2n) is 3.67. The van der Waals surface area contributed by atoms with Crippen LogP contribution in [0.3, 0.4) is 0 Å². The van der Waals surface area contributed by atoms with Gasteiger partial charge in [0, 0.05) is 15.7 Å². The maximum atomic E-state index is 4.26. The summed E-state index contributed by atoms with van der Waals surface area (Å²) in [5.74, 6) is 0.778. The normalized spacial score (nSPS) is 14.2. The molecule has 2 heterocycles. The fraction of sp³-hybridized carbons (Fsp3) is 0.182. The summed E-state index contributed by atoms with van der Waals surface area (Å²) < 4.78 is 1.18. The van der Waals surface area contributed by atoms with Gasteiger partial charge in [0.2, 0.25) is 5.13 Å². The predicted octanol–water partition coefficient (Wildman–Crippen LogP) is 2.18. The monoisotopic (exact) mass is 371 g/mol. The number of aliphatic imine (C=N–C) groups is 1. The molecule has 2 aromatic rings. The number of halogens is 1. The highest BCUT2D eigenvalue weighted by molar-refractivity contribution is 14.1. The molecular weight excluding hydrogens is 361 g/mol. The van der Waals surface area contributed by atoms with Crippen LogP contribution < -0.4 is 10.6 Å². The molecule has 0 bridgehead atoms. The molecule has 0 fully saturated rings. The van der Waals surface area contributed by atoms with Gasteiger partial charge in [-0.2, -0.15) is 0 Å². The minimum absolute atomic E-state index is 0.762. The number of hydrogen-bond donors (Lipinski definition) is 2. The summed E-state index contributed by atoms with van der Waals surface area (Å²) in [5.41, 5.74) is 1.12. The van der Waals surface area contributed by atoms with Gasteiger partial charge in [-0.05, 0) is 28.7 Å². The minimum atomic E-state index is 0.762. The zero-order valence-electron chi connectivity index (χ0n) is 9.35. The molecule has 18 heavy (non-hydrogen) atoms. The van der Waals surface area contributed by atoms with Crippen molar-refractivity contribution in [3.05, 3.63) is 27.8 Å². The lowest BCUT2D eigenvalue weighted by Crippen LogP contribution is -2.26. The van der Waals surface area contributed by atoms with Crippen molar-refractivity contribution in [2.24, 2.45) is 4.99 Å². The molecule has 7 heteroatoms. The van der Waals surface area contributed by atoms with Crippen LogP contribution in [0.4, 0.5) is 5.13 Å². The Labute approximate surface area is 122 Å². The summed E-state index contributed by atoms with van der Waals surface area (Å²) >= 11 is 3.83. The lowest BCUT2D eigenvalue weighted by molar-refractivity contribution is 0.958. The van der Waals surface area contributed by atoms with Crippen LogP contribution in [0, 0.1) is 3.57 Å². The van der Waals surface area contributed by atoms with Gasteiger partial charge < -0.3 is 10.6 Å². The summed E-state index contributed by atoms with van der Waals surface area (Å²) in [7, 11) is 0. The first kappa shape index (κ1) is 11.8. The Hall–Kier alpha value is -1.22. The molecule has 2 N–H and O–H groups in total. The van der Waals surface area contributed by atoms with Gasteiger partial charge in [0.15, 0.2) is 11.0 Å². The summed E-state index contributed by atoms with van der Waals surface area (Å²) in [5, 5.41) is 16.3. The maximum Gasteiger partial charge on any atom is 0.212 e. The molecule has 3 rings (SSSR count). The molecule has 0 amide bonds. The van der Waals surface area contributed by atoms with Gasteiger partial charge in [0.05, 0.1) is 6.54 Å². The highest BCUT2D eigenvalue weighted by atomic mass is 127. The van der Waals surface area contributed by atoms with E-state index in [2.05, 4.69) is 60.5 Å². The Kier molecular flexibility index (Phi) is 3.41. The Morgan fingerprint density at radius 2 is 2.17 bits per heavy atom. The zero-order valence-corrected chi connectivity index (χ0v) is 12.3. The van der Waals surface area contributed by atoms with E-state index in [9.17, 15) is 0 Å². The molecule has 1 aliphatic rings. The first-order chi connectivity index (χ1) is 8.83. The Balaban J connectivity index is 1.83. The molecule has 0 unspecified atom stereocenters. The van der Waals surface area contributed by atoms with E-state index in [1.165, 1.54) is 14.9 Å². The molecule has 1 aliphatic heterocycles. The molecule has 0 spiro atoms. The van der Waals surface area contributed by atoms with Crippen LogP contribution >= 0.6 is 33.9 Å². The molecule has 0 aliphatic carbocycles. The number of nitrogens with zero attached hydrogens (tertiary/aromatic N) is 3. The SMILES string of the molecule is Ic1ccccc1-c1nnc(NC2=NCCN2)s1. The van der Waals surface area contributed by atoms with Crippen LogP contribution in [0.1, 0.15) is 0 Å². The standard InChI is InChI=1S/C11H10IN5S/c12-8-4-2-1-3-7(8)9-16-17-11(18-9)15-10-13-5-6-14-10/h1-4H,5-6H2,(H2,13,14,15,17). The summed E-state index contributed by atoms with van der Waals surface area (Å²) in [6, 6.07) is 8.14. The van der Waals surface area contributed by atoms with Gasteiger partial charge in [-0.1, -0.05) is 29.5 Å². The average Bonchev–Trinajstić information content (AvgIpc) is 3.02. The van der Waals surface area contributed by atoms with E-state index >= 15 is 0 Å². The smallest absolute Gasteiger partial charge is 0.212 e. The number of aromatic nitrogens is 2. The molecular formula is C11H10IN5S. The first-order valence-corrected chi connectivity index (χ1v) is 7.36. The zero-order chi connectivity index (χ0) is 12.4. The van der Waals surface area contributed by atoms with Crippen molar-refractivity contribution < 1.29 is 0 Å². The van der Waals surface area contributed by atoms with Crippen LogP contribution in [0.15, 0.2) is 29.3 Å². The predicted molar refractivity (Wildman–Crippen MR) is 82.0 cm³/mol. The highest BCUT2D eigenvalue weighted by Crippen LogP contribution is 2.29. The fourth-order valence-electron chi connectivity index (χ4n) is 1.60. The van der Waals surface area contributed by atoms with Crippen molar-refractivity contribution in [1.29, 1.82) is 0 Å². The number of nitrogens with one attached hydrogen (secondary N) is 2. The minimum Gasteiger partial charge on any atom is -0.354 e. The average molecular weight is 371 g/mol. The number of hydrogen-bond acceptors (Lipinski definition) is 6. The van der Waals surface area contributed by atoms with Crippen LogP contribution in [0.5, 0.6) is 0 Å². The highest BCUT2D eigenvalue weighted by Gasteiger charge is 2.11. The van der Waals surface area contributed by atoms with Gasteiger partial charge in [0.1, 0.15) is 0 Å². The van der Waals surface area contributed by atoms with Crippen LogP contribution in [0.25, 0.3) is 10.6 Å². The van der Waals surface area contributed by atoms with Crippen LogP contribution in [-0.2, 0) is 0 Å². The first-order valence-electron chi connectivity index (χ1n) is 5.47. The number of anilines is 1. The van der Waals surface area contributed by atoms with E-state index in [1.807, 2.05) is 12.1 Å². The van der Waals surface area contributed by atoms with Gasteiger partial charge in [-0.25, -0.2) is 0 Å². The fourth-order valence-corrected chi connectivity index (χ4v) is 3.21. The van der Waals surface area contributed by atoms with Crippen molar-refractivity contribution in [3.63, 3.8) is 0 Å². The van der Waals surface area contributed by atoms with Gasteiger partial charge in [0.25, 0.3) is 0 Å². The third kappa shape index (κ3) is 2.46. The van der Waals surface area contributed by atoms with Crippen molar-refractivity contribution in [2.45, 2.75) is 0 Å². The van der Waals surface area contributed by atoms with Crippen LogP contribution in [-0.4, -0.2) is 29.2 Å². The Morgan fingerprint density at radius 3 is 2.94 bits per heavy atom. The van der Waals surface area contributed by atoms with E-state index in [-0.39, 0.29) is 0 Å². The van der Waals surface area contributed by atoms with Crippen molar-refractivity contribution in [3.8, 4) is 10.6 Å². The van der Waals surface area contributed by atoms with Crippen LogP contribution in [0.2, 0.25) is 0 Å². The van der Waals surface area contributed by atoms with E-state index in [4.69, 9.17) is 0 Å². The van der Waals surface area contributed by atoms with Crippen molar-refractivity contribution in [1.82, 2.24) is 15.5 Å². The number of rotatable bonds is 2. The lowest BCUT2D eigenvalue weighted by atomic mass is 10.2. The molecule has 1 aromatic heterocycles. The van der Waals surface area contributed by atoms with Gasteiger partial charge in [-0.3, -0.25) is 4.99 Å². The third-order valence-electron chi connectivity index (χ3n) is 2.43. The molecule has 1 aromatic carbocycles.